The highest BCUT2D eigenvalue weighted by Crippen LogP contribution is 2.44. The minimum absolute atomic E-state index is 0.785. The number of hydrogen-bond donors (Lipinski definition) is 0. The van der Waals surface area contributed by atoms with E-state index in [0.29, 0.717) is 0 Å². The van der Waals surface area contributed by atoms with Gasteiger partial charge < -0.3 is 0 Å². The van der Waals surface area contributed by atoms with Crippen LogP contribution >= 0.6 is 0 Å². The van der Waals surface area contributed by atoms with Crippen molar-refractivity contribution >= 4 is 0 Å². The highest BCUT2D eigenvalue weighted by molar-refractivity contribution is 5.30. The Hall–Kier alpha value is -0.520. The van der Waals surface area contributed by atoms with Gasteiger partial charge in [-0.05, 0) is 51.4 Å². The minimum atomic E-state index is 0.785. The Morgan fingerprint density at radius 1 is 1.13 bits per heavy atom. The monoisotopic (exact) mass is 204 g/mol. The Balaban J connectivity index is 2.33. The molecule has 0 saturated heterocycles. The maximum atomic E-state index is 2.56. The fourth-order valence-electron chi connectivity index (χ4n) is 3.34. The van der Waals surface area contributed by atoms with Crippen molar-refractivity contribution in [3.63, 3.8) is 0 Å². The summed E-state index contributed by atoms with van der Waals surface area (Å²) < 4.78 is 0. The van der Waals surface area contributed by atoms with E-state index < -0.39 is 0 Å². The van der Waals surface area contributed by atoms with Crippen LogP contribution in [0.25, 0.3) is 0 Å². The second-order valence-corrected chi connectivity index (χ2v) is 5.79. The highest BCUT2D eigenvalue weighted by Gasteiger charge is 2.32. The number of hydrogen-bond acceptors (Lipinski definition) is 0. The first-order valence-electron chi connectivity index (χ1n) is 6.45. The molecule has 2 aliphatic carbocycles. The smallest absolute Gasteiger partial charge is 0.00128 e. The van der Waals surface area contributed by atoms with E-state index in [-0.39, 0.29) is 0 Å². The summed E-state index contributed by atoms with van der Waals surface area (Å²) in [6.07, 6.45) is 7.95. The van der Waals surface area contributed by atoms with Crippen molar-refractivity contribution in [1.29, 1.82) is 0 Å². The third-order valence-electron chi connectivity index (χ3n) is 4.37. The predicted molar refractivity (Wildman–Crippen MR) is 66.7 cm³/mol. The summed E-state index contributed by atoms with van der Waals surface area (Å²) in [6.45, 7) is 9.44. The Labute approximate surface area is 94.5 Å². The summed E-state index contributed by atoms with van der Waals surface area (Å²) in [5, 5.41) is 0. The van der Waals surface area contributed by atoms with Gasteiger partial charge in [-0.2, -0.15) is 0 Å². The van der Waals surface area contributed by atoms with Crippen molar-refractivity contribution < 1.29 is 0 Å². The van der Waals surface area contributed by atoms with Gasteiger partial charge in [-0.15, -0.1) is 0 Å². The molecule has 0 aromatic carbocycles. The molecule has 0 heterocycles. The van der Waals surface area contributed by atoms with Gasteiger partial charge in [0.1, 0.15) is 0 Å². The van der Waals surface area contributed by atoms with Gasteiger partial charge in [0, 0.05) is 5.92 Å². The lowest BCUT2D eigenvalue weighted by Crippen LogP contribution is -2.27. The van der Waals surface area contributed by atoms with E-state index in [1.807, 2.05) is 0 Å². The molecule has 0 bridgehead atoms. The van der Waals surface area contributed by atoms with E-state index in [9.17, 15) is 0 Å². The number of rotatable bonds is 1. The predicted octanol–water partition coefficient (Wildman–Crippen LogP) is 4.73. The maximum Gasteiger partial charge on any atom is 0.00128 e. The Morgan fingerprint density at radius 2 is 1.87 bits per heavy atom. The largest absolute Gasteiger partial charge is 0.0781 e. The highest BCUT2D eigenvalue weighted by atomic mass is 14.4. The fourth-order valence-corrected chi connectivity index (χ4v) is 3.34. The molecule has 0 amide bonds. The molecule has 84 valence electrons. The van der Waals surface area contributed by atoms with Crippen molar-refractivity contribution in [2.75, 3.05) is 0 Å². The molecular weight excluding hydrogens is 180 g/mol. The quantitative estimate of drug-likeness (QED) is 0.542. The van der Waals surface area contributed by atoms with E-state index in [1.165, 1.54) is 25.7 Å². The molecule has 2 aliphatic rings. The fraction of sp³-hybridized carbons (Fsp3) is 0.733. The van der Waals surface area contributed by atoms with Crippen LogP contribution in [0.15, 0.2) is 22.8 Å². The number of fused-ring (bicyclic) bond motifs is 1. The molecule has 0 fully saturated rings. The van der Waals surface area contributed by atoms with Gasteiger partial charge in [-0.3, -0.25) is 0 Å². The van der Waals surface area contributed by atoms with Crippen molar-refractivity contribution in [3.05, 3.63) is 22.8 Å². The summed E-state index contributed by atoms with van der Waals surface area (Å²) in [7, 11) is 0. The lowest BCUT2D eigenvalue weighted by molar-refractivity contribution is 0.277. The minimum Gasteiger partial charge on any atom is -0.0781 e. The van der Waals surface area contributed by atoms with E-state index in [0.717, 1.165) is 17.8 Å². The first kappa shape index (κ1) is 11.0. The van der Waals surface area contributed by atoms with Gasteiger partial charge in [0.25, 0.3) is 0 Å². The molecule has 0 aromatic rings. The van der Waals surface area contributed by atoms with Crippen molar-refractivity contribution in [2.24, 2.45) is 17.8 Å². The summed E-state index contributed by atoms with van der Waals surface area (Å²) in [6, 6.07) is 0. The molecule has 0 saturated carbocycles. The zero-order valence-electron chi connectivity index (χ0n) is 10.6. The van der Waals surface area contributed by atoms with Gasteiger partial charge in [0.2, 0.25) is 0 Å². The van der Waals surface area contributed by atoms with Crippen LogP contribution in [0.4, 0.5) is 0 Å². The maximum absolute atomic E-state index is 2.56. The normalized spacial score (nSPS) is 31.7. The summed E-state index contributed by atoms with van der Waals surface area (Å²) in [4.78, 5) is 0. The molecule has 0 unspecified atom stereocenters. The van der Waals surface area contributed by atoms with Gasteiger partial charge in [0.05, 0.1) is 0 Å². The zero-order valence-corrected chi connectivity index (χ0v) is 10.6. The Bertz CT molecular complexity index is 304. The van der Waals surface area contributed by atoms with E-state index in [2.05, 4.69) is 33.8 Å². The molecule has 0 heteroatoms. The topological polar surface area (TPSA) is 0 Å². The van der Waals surface area contributed by atoms with Crippen molar-refractivity contribution in [3.8, 4) is 0 Å². The van der Waals surface area contributed by atoms with Gasteiger partial charge in [-0.25, -0.2) is 0 Å². The average molecular weight is 204 g/mol. The summed E-state index contributed by atoms with van der Waals surface area (Å²) >= 11 is 0. The lowest BCUT2D eigenvalue weighted by Gasteiger charge is -2.38. The van der Waals surface area contributed by atoms with Crippen LogP contribution in [-0.2, 0) is 0 Å². The molecule has 2 atom stereocenters. The Morgan fingerprint density at radius 3 is 2.53 bits per heavy atom. The second-order valence-electron chi connectivity index (χ2n) is 5.79. The van der Waals surface area contributed by atoms with Crippen molar-refractivity contribution in [2.45, 2.75) is 53.4 Å². The molecule has 0 N–H and O–H groups in total. The molecule has 2 rings (SSSR count). The zero-order chi connectivity index (χ0) is 11.0. The van der Waals surface area contributed by atoms with Crippen LogP contribution in [0.2, 0.25) is 0 Å². The first-order chi connectivity index (χ1) is 7.09. The summed E-state index contributed by atoms with van der Waals surface area (Å²) in [5.74, 6) is 2.52. The van der Waals surface area contributed by atoms with E-state index in [4.69, 9.17) is 0 Å². The molecule has 0 radical (unpaired) electrons. The van der Waals surface area contributed by atoms with Gasteiger partial charge in [-0.1, -0.05) is 36.6 Å². The van der Waals surface area contributed by atoms with Crippen LogP contribution in [0.1, 0.15) is 53.4 Å². The van der Waals surface area contributed by atoms with Crippen molar-refractivity contribution in [1.82, 2.24) is 0 Å². The SMILES string of the molecule is CC1=C[C@@H]2C(=C(C)CC[C@H]2C(C)C)CC1. The van der Waals surface area contributed by atoms with Crippen LogP contribution in [0.5, 0.6) is 0 Å². The van der Waals surface area contributed by atoms with Crippen LogP contribution in [-0.4, -0.2) is 0 Å². The van der Waals surface area contributed by atoms with Crippen LogP contribution in [0.3, 0.4) is 0 Å². The van der Waals surface area contributed by atoms with Gasteiger partial charge in [0.15, 0.2) is 0 Å². The Kier molecular flexibility index (Phi) is 3.04. The van der Waals surface area contributed by atoms with E-state index in [1.54, 1.807) is 16.7 Å². The average Bonchev–Trinajstić information content (AvgIpc) is 2.17. The molecule has 0 nitrogen and oxygen atoms in total. The van der Waals surface area contributed by atoms with Crippen LogP contribution < -0.4 is 0 Å². The lowest BCUT2D eigenvalue weighted by atomic mass is 9.67. The third-order valence-corrected chi connectivity index (χ3v) is 4.37. The number of allylic oxidation sites excluding steroid dienone is 4. The molecule has 0 spiro atoms. The third kappa shape index (κ3) is 2.04. The molecular formula is C15H24. The van der Waals surface area contributed by atoms with Gasteiger partial charge >= 0.3 is 0 Å². The molecule has 0 aromatic heterocycles. The second kappa shape index (κ2) is 4.15. The van der Waals surface area contributed by atoms with Crippen LogP contribution in [0, 0.1) is 17.8 Å². The molecule has 15 heavy (non-hydrogen) atoms. The van der Waals surface area contributed by atoms with E-state index >= 15 is 0 Å². The summed E-state index contributed by atoms with van der Waals surface area (Å²) in [5.41, 5.74) is 5.09. The molecule has 0 aliphatic heterocycles. The standard InChI is InChI=1S/C15H24/c1-10(2)13-8-6-12(4)14-7-5-11(3)9-15(13)14/h9-10,13,15H,5-8H2,1-4H3/t13-,15-/m0/s1. The first-order valence-corrected chi connectivity index (χ1v) is 6.45.